The highest BCUT2D eigenvalue weighted by atomic mass is 16.3. The van der Waals surface area contributed by atoms with E-state index in [1.54, 1.807) is 0 Å². The molecule has 3 heteroatoms. The second-order valence-corrected chi connectivity index (χ2v) is 4.32. The third-order valence-corrected chi connectivity index (χ3v) is 2.69. The zero-order valence-corrected chi connectivity index (χ0v) is 8.95. The van der Waals surface area contributed by atoms with Crippen LogP contribution in [0.2, 0.25) is 0 Å². The van der Waals surface area contributed by atoms with Gasteiger partial charge in [0.05, 0.1) is 0 Å². The van der Waals surface area contributed by atoms with E-state index in [1.165, 1.54) is 0 Å². The Morgan fingerprint density at radius 1 is 1.46 bits per heavy atom. The molecule has 2 N–H and O–H groups in total. The monoisotopic (exact) mass is 186 g/mol. The predicted octanol–water partition coefficient (Wildman–Crippen LogP) is 0.439. The number of nitrogens with one attached hydrogen (secondary N) is 1. The first-order chi connectivity index (χ1) is 6.13. The van der Waals surface area contributed by atoms with Gasteiger partial charge in [-0.25, -0.2) is 0 Å². The van der Waals surface area contributed by atoms with Crippen LogP contribution < -0.4 is 5.32 Å². The van der Waals surface area contributed by atoms with E-state index in [0.29, 0.717) is 18.1 Å². The zero-order valence-electron chi connectivity index (χ0n) is 8.95. The maximum atomic E-state index is 8.87. The number of rotatable bonds is 3. The van der Waals surface area contributed by atoms with E-state index < -0.39 is 0 Å². The number of aliphatic hydroxyl groups excluding tert-OH is 1. The van der Waals surface area contributed by atoms with Crippen LogP contribution >= 0.6 is 0 Å². The van der Waals surface area contributed by atoms with Gasteiger partial charge in [-0.1, -0.05) is 0 Å². The van der Waals surface area contributed by atoms with Crippen molar-refractivity contribution in [3.8, 4) is 0 Å². The molecule has 3 nitrogen and oxygen atoms in total. The Kier molecular flexibility index (Phi) is 4.16. The third-order valence-electron chi connectivity index (χ3n) is 2.69. The second-order valence-electron chi connectivity index (χ2n) is 4.32. The lowest BCUT2D eigenvalue weighted by atomic mass is 10.1. The van der Waals surface area contributed by atoms with Crippen molar-refractivity contribution in [3.05, 3.63) is 0 Å². The van der Waals surface area contributed by atoms with Crippen molar-refractivity contribution in [3.63, 3.8) is 0 Å². The van der Waals surface area contributed by atoms with Crippen molar-refractivity contribution >= 4 is 0 Å². The number of hydrogen-bond acceptors (Lipinski definition) is 3. The van der Waals surface area contributed by atoms with Crippen LogP contribution in [0.5, 0.6) is 0 Å². The Labute approximate surface area is 81.1 Å². The average Bonchev–Trinajstić information content (AvgIpc) is 2.03. The van der Waals surface area contributed by atoms with Crippen molar-refractivity contribution in [2.45, 2.75) is 45.3 Å². The highest BCUT2D eigenvalue weighted by Crippen LogP contribution is 2.09. The van der Waals surface area contributed by atoms with Crippen LogP contribution in [0.1, 0.15) is 27.2 Å². The predicted molar refractivity (Wildman–Crippen MR) is 54.8 cm³/mol. The van der Waals surface area contributed by atoms with Crippen molar-refractivity contribution in [2.24, 2.45) is 0 Å². The van der Waals surface area contributed by atoms with Gasteiger partial charge in [-0.3, -0.25) is 4.90 Å². The first-order valence-electron chi connectivity index (χ1n) is 5.24. The topological polar surface area (TPSA) is 35.5 Å². The maximum Gasteiger partial charge on any atom is 0.0446 e. The van der Waals surface area contributed by atoms with Gasteiger partial charge in [0.15, 0.2) is 0 Å². The summed E-state index contributed by atoms with van der Waals surface area (Å²) < 4.78 is 0. The summed E-state index contributed by atoms with van der Waals surface area (Å²) in [7, 11) is 0. The molecule has 1 saturated heterocycles. The van der Waals surface area contributed by atoms with Crippen LogP contribution in [-0.4, -0.2) is 47.8 Å². The fourth-order valence-corrected chi connectivity index (χ4v) is 1.97. The molecule has 0 aliphatic carbocycles. The van der Waals surface area contributed by atoms with Gasteiger partial charge < -0.3 is 10.4 Å². The van der Waals surface area contributed by atoms with Gasteiger partial charge in [0.2, 0.25) is 0 Å². The quantitative estimate of drug-likeness (QED) is 0.671. The van der Waals surface area contributed by atoms with E-state index in [1.807, 2.05) is 0 Å². The van der Waals surface area contributed by atoms with Crippen molar-refractivity contribution in [1.82, 2.24) is 10.2 Å². The molecule has 1 fully saturated rings. The van der Waals surface area contributed by atoms with E-state index in [2.05, 4.69) is 31.0 Å². The molecule has 1 rings (SSSR count). The van der Waals surface area contributed by atoms with Crippen LogP contribution in [0.15, 0.2) is 0 Å². The molecule has 0 bridgehead atoms. The van der Waals surface area contributed by atoms with Crippen LogP contribution in [0, 0.1) is 0 Å². The minimum atomic E-state index is 0.288. The second kappa shape index (κ2) is 4.94. The molecule has 2 unspecified atom stereocenters. The van der Waals surface area contributed by atoms with Crippen LogP contribution in [0.3, 0.4) is 0 Å². The molecule has 1 aliphatic heterocycles. The molecule has 0 radical (unpaired) electrons. The van der Waals surface area contributed by atoms with Crippen molar-refractivity contribution in [1.29, 1.82) is 0 Å². The molecule has 1 aliphatic rings. The molecule has 0 spiro atoms. The molecular formula is C10H22N2O. The SMILES string of the molecule is CC1CN(C(C)C)CC(CCO)N1. The Morgan fingerprint density at radius 3 is 2.69 bits per heavy atom. The lowest BCUT2D eigenvalue weighted by Gasteiger charge is -2.39. The summed E-state index contributed by atoms with van der Waals surface area (Å²) in [5, 5.41) is 12.4. The van der Waals surface area contributed by atoms with E-state index in [0.717, 1.165) is 19.5 Å². The standard InChI is InChI=1S/C10H22N2O/c1-8(2)12-6-9(3)11-10(7-12)4-5-13/h8-11,13H,4-7H2,1-3H3. The summed E-state index contributed by atoms with van der Waals surface area (Å²) in [6.07, 6.45) is 0.869. The van der Waals surface area contributed by atoms with Gasteiger partial charge >= 0.3 is 0 Å². The summed E-state index contributed by atoms with van der Waals surface area (Å²) >= 11 is 0. The van der Waals surface area contributed by atoms with Gasteiger partial charge in [0.25, 0.3) is 0 Å². The molecule has 0 aromatic carbocycles. The van der Waals surface area contributed by atoms with Gasteiger partial charge in [0, 0.05) is 37.8 Å². The number of piperazine rings is 1. The Hall–Kier alpha value is -0.120. The normalized spacial score (nSPS) is 31.2. The fourth-order valence-electron chi connectivity index (χ4n) is 1.97. The number of hydrogen-bond donors (Lipinski definition) is 2. The smallest absolute Gasteiger partial charge is 0.0446 e. The van der Waals surface area contributed by atoms with Gasteiger partial charge in [-0.05, 0) is 27.2 Å². The van der Waals surface area contributed by atoms with E-state index in [4.69, 9.17) is 5.11 Å². The van der Waals surface area contributed by atoms with E-state index in [9.17, 15) is 0 Å². The van der Waals surface area contributed by atoms with E-state index >= 15 is 0 Å². The first-order valence-corrected chi connectivity index (χ1v) is 5.24. The lowest BCUT2D eigenvalue weighted by Crippen LogP contribution is -2.57. The highest BCUT2D eigenvalue weighted by molar-refractivity contribution is 4.84. The molecule has 0 amide bonds. The molecule has 1 heterocycles. The number of aliphatic hydroxyl groups is 1. The van der Waals surface area contributed by atoms with E-state index in [-0.39, 0.29) is 6.61 Å². The summed E-state index contributed by atoms with van der Waals surface area (Å²) in [6.45, 7) is 9.15. The summed E-state index contributed by atoms with van der Waals surface area (Å²) in [4.78, 5) is 2.47. The number of nitrogens with zero attached hydrogens (tertiary/aromatic N) is 1. The molecule has 0 saturated carbocycles. The van der Waals surface area contributed by atoms with Gasteiger partial charge in [-0.15, -0.1) is 0 Å². The molecule has 0 aromatic rings. The van der Waals surface area contributed by atoms with Crippen molar-refractivity contribution < 1.29 is 5.11 Å². The molecular weight excluding hydrogens is 164 g/mol. The lowest BCUT2D eigenvalue weighted by molar-refractivity contribution is 0.119. The summed E-state index contributed by atoms with van der Waals surface area (Å²) in [5.41, 5.74) is 0. The molecule has 0 aromatic heterocycles. The molecule has 2 atom stereocenters. The van der Waals surface area contributed by atoms with Gasteiger partial charge in [-0.2, -0.15) is 0 Å². The first kappa shape index (κ1) is 11.0. The van der Waals surface area contributed by atoms with Crippen LogP contribution in [-0.2, 0) is 0 Å². The molecule has 78 valence electrons. The fraction of sp³-hybridized carbons (Fsp3) is 1.00. The van der Waals surface area contributed by atoms with Crippen molar-refractivity contribution in [2.75, 3.05) is 19.7 Å². The maximum absolute atomic E-state index is 8.87. The Morgan fingerprint density at radius 2 is 2.15 bits per heavy atom. The Bertz CT molecular complexity index is 150. The summed E-state index contributed by atoms with van der Waals surface area (Å²) in [5.74, 6) is 0. The van der Waals surface area contributed by atoms with Gasteiger partial charge in [0.1, 0.15) is 0 Å². The minimum Gasteiger partial charge on any atom is -0.396 e. The average molecular weight is 186 g/mol. The van der Waals surface area contributed by atoms with Crippen LogP contribution in [0.4, 0.5) is 0 Å². The van der Waals surface area contributed by atoms with Crippen LogP contribution in [0.25, 0.3) is 0 Å². The minimum absolute atomic E-state index is 0.288. The zero-order chi connectivity index (χ0) is 9.84. The highest BCUT2D eigenvalue weighted by Gasteiger charge is 2.24. The molecule has 13 heavy (non-hydrogen) atoms. The third kappa shape index (κ3) is 3.25. The largest absolute Gasteiger partial charge is 0.396 e. The Balaban J connectivity index is 2.42. The summed E-state index contributed by atoms with van der Waals surface area (Å²) in [6, 6.07) is 1.63.